The summed E-state index contributed by atoms with van der Waals surface area (Å²) < 4.78 is 6.73. The molecule has 3 rings (SSSR count). The molecule has 4 nitrogen and oxygen atoms in total. The van der Waals surface area contributed by atoms with Crippen molar-refractivity contribution < 1.29 is 4.42 Å². The summed E-state index contributed by atoms with van der Waals surface area (Å²) in [6.07, 6.45) is 1.70. The molecule has 2 heterocycles. The maximum Gasteiger partial charge on any atom is 0.172 e. The van der Waals surface area contributed by atoms with Crippen molar-refractivity contribution >= 4 is 50.7 Å². The Hall–Kier alpha value is -1.89. The highest BCUT2D eigenvalue weighted by Crippen LogP contribution is 2.23. The molecule has 24 heavy (non-hydrogen) atoms. The highest BCUT2D eigenvalue weighted by atomic mass is 79.9. The Labute approximate surface area is 158 Å². The molecule has 3 aromatic rings. The Morgan fingerprint density at radius 3 is 2.62 bits per heavy atom. The van der Waals surface area contributed by atoms with Gasteiger partial charge < -0.3 is 15.1 Å². The minimum absolute atomic E-state index is 0.481. The average Bonchev–Trinajstić information content (AvgIpc) is 3.05. The Morgan fingerprint density at radius 1 is 1.12 bits per heavy atom. The van der Waals surface area contributed by atoms with Gasteiger partial charge in [0.25, 0.3) is 0 Å². The van der Waals surface area contributed by atoms with Crippen LogP contribution in [0.5, 0.6) is 0 Å². The number of pyridine rings is 1. The van der Waals surface area contributed by atoms with Crippen molar-refractivity contribution in [2.45, 2.75) is 6.54 Å². The summed E-state index contributed by atoms with van der Waals surface area (Å²) in [5.74, 6) is 2.25. The highest BCUT2D eigenvalue weighted by molar-refractivity contribution is 9.10. The first-order valence-corrected chi connectivity index (χ1v) is 8.69. The molecule has 0 spiro atoms. The van der Waals surface area contributed by atoms with Gasteiger partial charge in [-0.2, -0.15) is 0 Å². The number of benzene rings is 1. The van der Waals surface area contributed by atoms with E-state index in [0.29, 0.717) is 22.5 Å². The SMILES string of the molecule is S=C(NCc1ccc(-c2ccc(Cl)cc2)o1)Nc1ccc(Br)cn1. The van der Waals surface area contributed by atoms with Gasteiger partial charge in [-0.05, 0) is 76.7 Å². The van der Waals surface area contributed by atoms with Crippen LogP contribution in [0, 0.1) is 0 Å². The first-order valence-electron chi connectivity index (χ1n) is 7.11. The third-order valence-electron chi connectivity index (χ3n) is 3.18. The lowest BCUT2D eigenvalue weighted by atomic mass is 10.2. The van der Waals surface area contributed by atoms with Crippen molar-refractivity contribution in [1.29, 1.82) is 0 Å². The summed E-state index contributed by atoms with van der Waals surface area (Å²) in [4.78, 5) is 4.20. The van der Waals surface area contributed by atoms with Crippen LogP contribution in [0.25, 0.3) is 11.3 Å². The summed E-state index contributed by atoms with van der Waals surface area (Å²) in [7, 11) is 0. The number of anilines is 1. The predicted octanol–water partition coefficient (Wildman–Crippen LogP) is 5.24. The van der Waals surface area contributed by atoms with Gasteiger partial charge in [-0.15, -0.1) is 0 Å². The number of nitrogens with one attached hydrogen (secondary N) is 2. The largest absolute Gasteiger partial charge is 0.459 e. The average molecular weight is 423 g/mol. The van der Waals surface area contributed by atoms with Crippen molar-refractivity contribution in [2.24, 2.45) is 0 Å². The third-order valence-corrected chi connectivity index (χ3v) is 4.15. The zero-order valence-corrected chi connectivity index (χ0v) is 15.6. The van der Waals surface area contributed by atoms with E-state index in [-0.39, 0.29) is 0 Å². The van der Waals surface area contributed by atoms with Crippen molar-refractivity contribution in [3.8, 4) is 11.3 Å². The molecule has 1 aromatic carbocycles. The minimum atomic E-state index is 0.481. The molecule has 0 aliphatic heterocycles. The molecule has 0 unspecified atom stereocenters. The van der Waals surface area contributed by atoms with E-state index in [1.807, 2.05) is 48.5 Å². The van der Waals surface area contributed by atoms with Crippen LogP contribution in [0.1, 0.15) is 5.76 Å². The van der Waals surface area contributed by atoms with Gasteiger partial charge in [-0.1, -0.05) is 11.6 Å². The number of furan rings is 1. The standard InChI is InChI=1S/C17H13BrClN3OS/c18-12-3-8-16(20-9-12)22-17(24)21-10-14-6-7-15(23-14)11-1-4-13(19)5-2-11/h1-9H,10H2,(H2,20,21,22,24). The van der Waals surface area contributed by atoms with Crippen LogP contribution >= 0.6 is 39.7 Å². The summed E-state index contributed by atoms with van der Waals surface area (Å²) >= 11 is 14.5. The first-order chi connectivity index (χ1) is 11.6. The number of hydrogen-bond donors (Lipinski definition) is 2. The quantitative estimate of drug-likeness (QED) is 0.563. The number of aromatic nitrogens is 1. The highest BCUT2D eigenvalue weighted by Gasteiger charge is 2.06. The molecular formula is C17H13BrClN3OS. The number of halogens is 2. The lowest BCUT2D eigenvalue weighted by Crippen LogP contribution is -2.28. The second-order valence-corrected chi connectivity index (χ2v) is 6.70. The fourth-order valence-electron chi connectivity index (χ4n) is 2.02. The molecule has 0 aliphatic carbocycles. The molecule has 0 fully saturated rings. The molecule has 0 radical (unpaired) electrons. The third kappa shape index (κ3) is 4.56. The molecule has 0 bridgehead atoms. The normalized spacial score (nSPS) is 10.4. The fraction of sp³-hybridized carbons (Fsp3) is 0.0588. The van der Waals surface area contributed by atoms with Crippen LogP contribution < -0.4 is 10.6 Å². The van der Waals surface area contributed by atoms with E-state index >= 15 is 0 Å². The molecular weight excluding hydrogens is 410 g/mol. The lowest BCUT2D eigenvalue weighted by molar-refractivity contribution is 0.516. The topological polar surface area (TPSA) is 50.1 Å². The summed E-state index contributed by atoms with van der Waals surface area (Å²) in [6, 6.07) is 15.1. The molecule has 2 aromatic heterocycles. The van der Waals surface area contributed by atoms with Gasteiger partial charge in [0.15, 0.2) is 5.11 Å². The van der Waals surface area contributed by atoms with E-state index < -0.39 is 0 Å². The molecule has 0 aliphatic rings. The van der Waals surface area contributed by atoms with Gasteiger partial charge in [0, 0.05) is 21.3 Å². The van der Waals surface area contributed by atoms with Crippen LogP contribution in [-0.2, 0) is 6.54 Å². The van der Waals surface area contributed by atoms with E-state index in [2.05, 4.69) is 31.5 Å². The van der Waals surface area contributed by atoms with Crippen LogP contribution in [0.15, 0.2) is 63.6 Å². The van der Waals surface area contributed by atoms with Crippen LogP contribution in [0.3, 0.4) is 0 Å². The van der Waals surface area contributed by atoms with E-state index in [0.717, 1.165) is 21.6 Å². The Bertz CT molecular complexity index is 834. The summed E-state index contributed by atoms with van der Waals surface area (Å²) in [5, 5.41) is 7.29. The fourth-order valence-corrected chi connectivity index (χ4v) is 2.56. The number of rotatable bonds is 4. The van der Waals surface area contributed by atoms with Gasteiger partial charge >= 0.3 is 0 Å². The zero-order chi connectivity index (χ0) is 16.9. The summed E-state index contributed by atoms with van der Waals surface area (Å²) in [5.41, 5.74) is 0.977. The molecule has 2 N–H and O–H groups in total. The predicted molar refractivity (Wildman–Crippen MR) is 104 cm³/mol. The maximum absolute atomic E-state index is 5.89. The van der Waals surface area contributed by atoms with Gasteiger partial charge in [0.05, 0.1) is 6.54 Å². The molecule has 122 valence electrons. The maximum atomic E-state index is 5.89. The van der Waals surface area contributed by atoms with Gasteiger partial charge in [0.2, 0.25) is 0 Å². The molecule has 0 atom stereocenters. The Balaban J connectivity index is 1.56. The van der Waals surface area contributed by atoms with Gasteiger partial charge in [-0.25, -0.2) is 4.98 Å². The van der Waals surface area contributed by atoms with E-state index in [1.54, 1.807) is 6.20 Å². The van der Waals surface area contributed by atoms with Gasteiger partial charge in [-0.3, -0.25) is 0 Å². The number of hydrogen-bond acceptors (Lipinski definition) is 3. The van der Waals surface area contributed by atoms with Crippen molar-refractivity contribution in [2.75, 3.05) is 5.32 Å². The molecule has 7 heteroatoms. The van der Waals surface area contributed by atoms with Crippen molar-refractivity contribution in [3.05, 3.63) is 70.0 Å². The Kier molecular flexibility index (Phi) is 5.50. The number of nitrogens with zero attached hydrogens (tertiary/aromatic N) is 1. The first kappa shape index (κ1) is 17.0. The lowest BCUT2D eigenvalue weighted by Gasteiger charge is -2.08. The van der Waals surface area contributed by atoms with E-state index in [9.17, 15) is 0 Å². The van der Waals surface area contributed by atoms with Crippen LogP contribution in [-0.4, -0.2) is 10.1 Å². The van der Waals surface area contributed by atoms with Crippen LogP contribution in [0.4, 0.5) is 5.82 Å². The molecule has 0 amide bonds. The van der Waals surface area contributed by atoms with Crippen molar-refractivity contribution in [1.82, 2.24) is 10.3 Å². The molecule has 0 saturated heterocycles. The monoisotopic (exact) mass is 421 g/mol. The van der Waals surface area contributed by atoms with Crippen LogP contribution in [0.2, 0.25) is 5.02 Å². The Morgan fingerprint density at radius 2 is 1.92 bits per heavy atom. The van der Waals surface area contributed by atoms with E-state index in [1.165, 1.54) is 0 Å². The minimum Gasteiger partial charge on any atom is -0.459 e. The number of thiocarbonyl (C=S) groups is 1. The molecule has 0 saturated carbocycles. The second kappa shape index (κ2) is 7.79. The zero-order valence-electron chi connectivity index (χ0n) is 12.4. The van der Waals surface area contributed by atoms with Crippen molar-refractivity contribution in [3.63, 3.8) is 0 Å². The smallest absolute Gasteiger partial charge is 0.172 e. The second-order valence-electron chi connectivity index (χ2n) is 4.94. The summed E-state index contributed by atoms with van der Waals surface area (Å²) in [6.45, 7) is 0.482. The van der Waals surface area contributed by atoms with E-state index in [4.69, 9.17) is 28.2 Å². The van der Waals surface area contributed by atoms with Gasteiger partial charge in [0.1, 0.15) is 17.3 Å².